The number of nitro groups is 1. The monoisotopic (exact) mass is 479 g/mol. The maximum Gasteiger partial charge on any atom is 0.293 e. The van der Waals surface area contributed by atoms with Crippen LogP contribution in [0.5, 0.6) is 0 Å². The van der Waals surface area contributed by atoms with Crippen LogP contribution in [0.25, 0.3) is 0 Å². The first-order chi connectivity index (χ1) is 16.4. The van der Waals surface area contributed by atoms with Gasteiger partial charge in [-0.3, -0.25) is 25.0 Å². The fourth-order valence-electron chi connectivity index (χ4n) is 3.65. The third-order valence-corrected chi connectivity index (χ3v) is 5.44. The van der Waals surface area contributed by atoms with Gasteiger partial charge in [0.05, 0.1) is 11.2 Å². The maximum atomic E-state index is 12.7. The lowest BCUT2D eigenvalue weighted by Gasteiger charge is -2.18. The first-order valence-electron chi connectivity index (χ1n) is 10.5. The fourth-order valence-corrected chi connectivity index (χ4v) is 3.86. The number of amides is 2. The van der Waals surface area contributed by atoms with E-state index < -0.39 is 16.7 Å². The average Bonchev–Trinajstić information content (AvgIpc) is 3.53. The Hall–Kier alpha value is -4.25. The van der Waals surface area contributed by atoms with E-state index in [0.717, 1.165) is 25.9 Å². The zero-order valence-corrected chi connectivity index (χ0v) is 18.8. The van der Waals surface area contributed by atoms with Crippen LogP contribution in [0, 0.1) is 10.1 Å². The van der Waals surface area contributed by atoms with Gasteiger partial charge in [0.1, 0.15) is 5.69 Å². The number of carbonyl (C=O) groups excluding carboxylic acids is 2. The third-order valence-electron chi connectivity index (χ3n) is 5.23. The zero-order chi connectivity index (χ0) is 24.1. The van der Waals surface area contributed by atoms with Crippen molar-refractivity contribution in [1.82, 2.24) is 5.32 Å². The molecule has 34 heavy (non-hydrogen) atoms. The highest BCUT2D eigenvalue weighted by Gasteiger charge is 2.24. The fraction of sp³-hybridized carbons (Fsp3) is 0.174. The van der Waals surface area contributed by atoms with E-state index in [9.17, 15) is 19.7 Å². The Balaban J connectivity index is 1.40. The van der Waals surface area contributed by atoms with Gasteiger partial charge >= 0.3 is 0 Å². The van der Waals surface area contributed by atoms with Crippen molar-refractivity contribution >= 4 is 51.9 Å². The van der Waals surface area contributed by atoms with Crippen LogP contribution in [-0.2, 0) is 0 Å². The van der Waals surface area contributed by atoms with Gasteiger partial charge in [0, 0.05) is 36.1 Å². The average molecular weight is 480 g/mol. The minimum Gasteiger partial charge on any atom is -0.459 e. The van der Waals surface area contributed by atoms with Gasteiger partial charge < -0.3 is 20.0 Å². The number of nitrogens with zero attached hydrogens (tertiary/aromatic N) is 2. The Kier molecular flexibility index (Phi) is 6.83. The number of hydrogen-bond donors (Lipinski definition) is 3. The van der Waals surface area contributed by atoms with Crippen LogP contribution in [0.4, 0.5) is 22.7 Å². The van der Waals surface area contributed by atoms with E-state index in [1.807, 2.05) is 4.90 Å². The van der Waals surface area contributed by atoms with Crippen LogP contribution in [0.3, 0.4) is 0 Å². The molecular formula is C23H21N5O5S. The number of anilines is 3. The Morgan fingerprint density at radius 3 is 2.38 bits per heavy atom. The number of rotatable bonds is 6. The van der Waals surface area contributed by atoms with Crippen molar-refractivity contribution in [2.75, 3.05) is 28.6 Å². The molecule has 1 saturated heterocycles. The lowest BCUT2D eigenvalue weighted by atomic mass is 10.1. The summed E-state index contributed by atoms with van der Waals surface area (Å²) in [4.78, 5) is 37.8. The van der Waals surface area contributed by atoms with Crippen LogP contribution in [0.2, 0.25) is 0 Å². The summed E-state index contributed by atoms with van der Waals surface area (Å²) in [7, 11) is 0. The molecule has 3 aromatic rings. The van der Waals surface area contributed by atoms with Gasteiger partial charge in [-0.05, 0) is 67.5 Å². The molecule has 0 aliphatic carbocycles. The van der Waals surface area contributed by atoms with Gasteiger partial charge in [0.25, 0.3) is 17.5 Å². The van der Waals surface area contributed by atoms with E-state index in [1.165, 1.54) is 12.3 Å². The summed E-state index contributed by atoms with van der Waals surface area (Å²) in [6.07, 6.45) is 3.36. The molecule has 2 amide bonds. The Bertz CT molecular complexity index is 1240. The second-order valence-electron chi connectivity index (χ2n) is 7.58. The van der Waals surface area contributed by atoms with Crippen molar-refractivity contribution < 1.29 is 18.9 Å². The molecule has 1 fully saturated rings. The topological polar surface area (TPSA) is 130 Å². The summed E-state index contributed by atoms with van der Waals surface area (Å²) in [5, 5.41) is 19.7. The summed E-state index contributed by atoms with van der Waals surface area (Å²) >= 11 is 5.22. The number of furan rings is 1. The summed E-state index contributed by atoms with van der Waals surface area (Å²) in [5.41, 5.74) is 1.53. The van der Waals surface area contributed by atoms with Crippen LogP contribution in [0.1, 0.15) is 33.8 Å². The summed E-state index contributed by atoms with van der Waals surface area (Å²) in [6, 6.07) is 14.3. The lowest BCUT2D eigenvalue weighted by molar-refractivity contribution is -0.384. The summed E-state index contributed by atoms with van der Waals surface area (Å²) < 4.78 is 5.07. The normalized spacial score (nSPS) is 12.8. The van der Waals surface area contributed by atoms with Gasteiger partial charge in [-0.25, -0.2) is 0 Å². The Morgan fingerprint density at radius 2 is 1.71 bits per heavy atom. The largest absolute Gasteiger partial charge is 0.459 e. The minimum atomic E-state index is -0.573. The second kappa shape index (κ2) is 10.1. The van der Waals surface area contributed by atoms with Crippen LogP contribution >= 0.6 is 12.2 Å². The summed E-state index contributed by atoms with van der Waals surface area (Å²) in [6.45, 7) is 1.50. The van der Waals surface area contributed by atoms with Crippen molar-refractivity contribution in [1.29, 1.82) is 0 Å². The molecular weight excluding hydrogens is 458 g/mol. The Morgan fingerprint density at radius 1 is 0.971 bits per heavy atom. The molecule has 11 heteroatoms. The first-order valence-corrected chi connectivity index (χ1v) is 10.9. The standard InChI is InChI=1S/C23H21N5O5S/c29-21(15-8-9-18(19(13-15)28(31)32)27-10-1-2-11-27)26-23(34)25-17-6-3-5-16(14-17)24-22(30)20-7-4-12-33-20/h3-9,12-14H,1-2,10-11H2,(H,24,30)(H2,25,26,29,34). The van der Waals surface area contributed by atoms with Crippen LogP contribution in [0.15, 0.2) is 65.3 Å². The SMILES string of the molecule is O=C(NC(=S)Nc1cccc(NC(=O)c2ccco2)c1)c1ccc(N2CCCC2)c([N+](=O)[O-])c1. The first kappa shape index (κ1) is 22.9. The van der Waals surface area contributed by atoms with E-state index >= 15 is 0 Å². The number of nitrogens with one attached hydrogen (secondary N) is 3. The van der Waals surface area contributed by atoms with E-state index in [0.29, 0.717) is 17.1 Å². The lowest BCUT2D eigenvalue weighted by Crippen LogP contribution is -2.34. The smallest absolute Gasteiger partial charge is 0.293 e. The van der Waals surface area contributed by atoms with E-state index in [4.69, 9.17) is 16.6 Å². The second-order valence-corrected chi connectivity index (χ2v) is 7.98. The molecule has 2 heterocycles. The molecule has 4 rings (SSSR count). The molecule has 0 unspecified atom stereocenters. The summed E-state index contributed by atoms with van der Waals surface area (Å²) in [5.74, 6) is -0.807. The molecule has 10 nitrogen and oxygen atoms in total. The van der Waals surface area contributed by atoms with Gasteiger partial charge in [0.2, 0.25) is 0 Å². The number of nitro benzene ring substituents is 1. The molecule has 1 aliphatic rings. The molecule has 0 radical (unpaired) electrons. The number of benzene rings is 2. The number of thiocarbonyl (C=S) groups is 1. The molecule has 0 saturated carbocycles. The predicted molar refractivity (Wildman–Crippen MR) is 131 cm³/mol. The van der Waals surface area contributed by atoms with Gasteiger partial charge in [0.15, 0.2) is 10.9 Å². The van der Waals surface area contributed by atoms with Crippen molar-refractivity contribution in [2.24, 2.45) is 0 Å². The Labute approximate surface area is 200 Å². The van der Waals surface area contributed by atoms with Crippen LogP contribution < -0.4 is 20.9 Å². The third kappa shape index (κ3) is 5.38. The highest BCUT2D eigenvalue weighted by atomic mass is 32.1. The van der Waals surface area contributed by atoms with Crippen molar-refractivity contribution in [3.8, 4) is 0 Å². The van der Waals surface area contributed by atoms with Crippen LogP contribution in [-0.4, -0.2) is 34.9 Å². The molecule has 1 aromatic heterocycles. The van der Waals surface area contributed by atoms with E-state index in [1.54, 1.807) is 48.5 Å². The van der Waals surface area contributed by atoms with Crippen molar-refractivity contribution in [3.05, 3.63) is 82.3 Å². The minimum absolute atomic E-state index is 0.00536. The molecule has 0 atom stereocenters. The maximum absolute atomic E-state index is 12.7. The zero-order valence-electron chi connectivity index (χ0n) is 17.9. The predicted octanol–water partition coefficient (Wildman–Crippen LogP) is 4.17. The van der Waals surface area contributed by atoms with E-state index in [-0.39, 0.29) is 22.1 Å². The quantitative estimate of drug-likeness (QED) is 0.273. The molecule has 174 valence electrons. The molecule has 0 spiro atoms. The highest BCUT2D eigenvalue weighted by Crippen LogP contribution is 2.31. The van der Waals surface area contributed by atoms with Crippen molar-refractivity contribution in [3.63, 3.8) is 0 Å². The number of hydrogen-bond acceptors (Lipinski definition) is 7. The van der Waals surface area contributed by atoms with Gasteiger partial charge in [-0.15, -0.1) is 0 Å². The van der Waals surface area contributed by atoms with Crippen molar-refractivity contribution in [2.45, 2.75) is 12.8 Å². The highest BCUT2D eigenvalue weighted by molar-refractivity contribution is 7.80. The molecule has 1 aliphatic heterocycles. The molecule has 2 aromatic carbocycles. The number of carbonyl (C=O) groups is 2. The molecule has 0 bridgehead atoms. The molecule has 3 N–H and O–H groups in total. The van der Waals surface area contributed by atoms with E-state index in [2.05, 4.69) is 16.0 Å². The van der Waals surface area contributed by atoms with Gasteiger partial charge in [-0.1, -0.05) is 6.07 Å². The van der Waals surface area contributed by atoms with Gasteiger partial charge in [-0.2, -0.15) is 0 Å².